The number of pyridine rings is 1. The van der Waals surface area contributed by atoms with Crippen molar-refractivity contribution < 1.29 is 23.4 Å². The summed E-state index contributed by atoms with van der Waals surface area (Å²) in [7, 11) is 1.34. The highest BCUT2D eigenvalue weighted by molar-refractivity contribution is 5.97. The Hall–Kier alpha value is -3.26. The van der Waals surface area contributed by atoms with E-state index in [1.165, 1.54) is 11.7 Å². The van der Waals surface area contributed by atoms with Crippen molar-refractivity contribution in [2.45, 2.75) is 19.6 Å². The second-order valence-electron chi connectivity index (χ2n) is 6.81. The summed E-state index contributed by atoms with van der Waals surface area (Å²) in [6.07, 6.45) is 1.07. The van der Waals surface area contributed by atoms with Gasteiger partial charge in [-0.2, -0.15) is 0 Å². The normalized spacial score (nSPS) is 12.9. The van der Waals surface area contributed by atoms with Crippen molar-refractivity contribution in [3.63, 3.8) is 0 Å². The molecule has 0 unspecified atom stereocenters. The molecule has 0 saturated heterocycles. The number of hydrogen-bond donors (Lipinski definition) is 2. The Kier molecular flexibility index (Phi) is 4.79. The lowest BCUT2D eigenvalue weighted by molar-refractivity contribution is 0.0694. The molecule has 0 atom stereocenters. The molecule has 3 aromatic rings. The topological polar surface area (TPSA) is 80.6 Å². The van der Waals surface area contributed by atoms with E-state index in [1.54, 1.807) is 6.07 Å². The van der Waals surface area contributed by atoms with Gasteiger partial charge >= 0.3 is 5.97 Å². The highest BCUT2D eigenvalue weighted by Crippen LogP contribution is 2.39. The quantitative estimate of drug-likeness (QED) is 0.688. The first-order chi connectivity index (χ1) is 14.0. The fourth-order valence-corrected chi connectivity index (χ4v) is 3.84. The Morgan fingerprint density at radius 2 is 2.03 bits per heavy atom. The van der Waals surface area contributed by atoms with Gasteiger partial charge in [0.2, 0.25) is 5.43 Å². The SMILES string of the molecule is COc1c(-c2ccc3c(c2)CNC3)c(F)cc2c(=O)c(C(=O)O)cn(CCF)c12. The number of carboxylic acids is 1. The van der Waals surface area contributed by atoms with Crippen LogP contribution in [-0.4, -0.2) is 29.4 Å². The van der Waals surface area contributed by atoms with Crippen molar-refractivity contribution in [1.82, 2.24) is 9.88 Å². The van der Waals surface area contributed by atoms with E-state index in [9.17, 15) is 19.1 Å². The van der Waals surface area contributed by atoms with Gasteiger partial charge in [-0.25, -0.2) is 13.6 Å². The van der Waals surface area contributed by atoms with Crippen LogP contribution in [0.5, 0.6) is 5.75 Å². The average Bonchev–Trinajstić information content (AvgIpc) is 3.16. The molecule has 2 N–H and O–H groups in total. The molecule has 6 nitrogen and oxygen atoms in total. The molecule has 0 fully saturated rings. The average molecular weight is 400 g/mol. The Bertz CT molecular complexity index is 1200. The van der Waals surface area contributed by atoms with Gasteiger partial charge in [-0.1, -0.05) is 12.1 Å². The van der Waals surface area contributed by atoms with Crippen LogP contribution in [0.25, 0.3) is 22.0 Å². The number of aryl methyl sites for hydroxylation is 1. The van der Waals surface area contributed by atoms with E-state index in [1.807, 2.05) is 12.1 Å². The molecule has 0 radical (unpaired) electrons. The van der Waals surface area contributed by atoms with Crippen molar-refractivity contribution in [3.05, 3.63) is 63.2 Å². The maximum Gasteiger partial charge on any atom is 0.341 e. The number of rotatable bonds is 5. The predicted octanol–water partition coefficient (Wildman–Crippen LogP) is 3.09. The Morgan fingerprint density at radius 1 is 1.28 bits per heavy atom. The first-order valence-corrected chi connectivity index (χ1v) is 9.02. The molecule has 8 heteroatoms. The van der Waals surface area contributed by atoms with E-state index in [0.717, 1.165) is 29.9 Å². The fraction of sp³-hybridized carbons (Fsp3) is 0.238. The van der Waals surface area contributed by atoms with Gasteiger partial charge in [0.25, 0.3) is 0 Å². The van der Waals surface area contributed by atoms with Gasteiger partial charge in [0.15, 0.2) is 5.75 Å². The monoisotopic (exact) mass is 400 g/mol. The molecular formula is C21H18F2N2O4. The highest BCUT2D eigenvalue weighted by Gasteiger charge is 2.24. The molecule has 1 aromatic heterocycles. The molecule has 29 heavy (non-hydrogen) atoms. The van der Waals surface area contributed by atoms with E-state index in [4.69, 9.17) is 4.74 Å². The second-order valence-corrected chi connectivity index (χ2v) is 6.81. The van der Waals surface area contributed by atoms with Crippen LogP contribution < -0.4 is 15.5 Å². The van der Waals surface area contributed by atoms with Gasteiger partial charge in [-0.3, -0.25) is 4.79 Å². The van der Waals surface area contributed by atoms with Crippen molar-refractivity contribution >= 4 is 16.9 Å². The van der Waals surface area contributed by atoms with Gasteiger partial charge in [0.1, 0.15) is 18.1 Å². The number of hydrogen-bond acceptors (Lipinski definition) is 4. The third-order valence-corrected chi connectivity index (χ3v) is 5.15. The highest BCUT2D eigenvalue weighted by atomic mass is 19.1. The summed E-state index contributed by atoms with van der Waals surface area (Å²) in [5, 5.41) is 12.4. The third kappa shape index (κ3) is 3.05. The number of methoxy groups -OCH3 is 1. The molecule has 2 aromatic carbocycles. The van der Waals surface area contributed by atoms with Crippen LogP contribution >= 0.6 is 0 Å². The molecular weight excluding hydrogens is 382 g/mol. The standard InChI is InChI=1S/C21H18F2N2O4/c1-29-20-17(11-2-3-12-8-24-9-13(12)6-11)16(23)7-14-18(20)25(5-4-22)10-15(19(14)26)21(27)28/h2-3,6-7,10,24H,4-5,8-9H2,1H3,(H,27,28). The van der Waals surface area contributed by atoms with Gasteiger partial charge in [-0.15, -0.1) is 0 Å². The van der Waals surface area contributed by atoms with E-state index < -0.39 is 29.5 Å². The number of nitrogens with zero attached hydrogens (tertiary/aromatic N) is 1. The van der Waals surface area contributed by atoms with Crippen LogP contribution in [0.1, 0.15) is 21.5 Å². The number of halogens is 2. The molecule has 0 bridgehead atoms. The van der Waals surface area contributed by atoms with Gasteiger partial charge < -0.3 is 19.7 Å². The third-order valence-electron chi connectivity index (χ3n) is 5.15. The smallest absolute Gasteiger partial charge is 0.341 e. The van der Waals surface area contributed by atoms with Crippen molar-refractivity contribution in [3.8, 4) is 16.9 Å². The molecule has 150 valence electrons. The van der Waals surface area contributed by atoms with Crippen LogP contribution in [0.3, 0.4) is 0 Å². The van der Waals surface area contributed by atoms with Crippen LogP contribution in [0.4, 0.5) is 8.78 Å². The van der Waals surface area contributed by atoms with E-state index in [0.29, 0.717) is 12.1 Å². The number of nitrogens with one attached hydrogen (secondary N) is 1. The van der Waals surface area contributed by atoms with Crippen molar-refractivity contribution in [2.75, 3.05) is 13.8 Å². The Labute approximate surface area is 164 Å². The summed E-state index contributed by atoms with van der Waals surface area (Å²) in [6, 6.07) is 6.52. The number of benzene rings is 2. The summed E-state index contributed by atoms with van der Waals surface area (Å²) in [5.41, 5.74) is 1.62. The Morgan fingerprint density at radius 3 is 2.72 bits per heavy atom. The number of ether oxygens (including phenoxy) is 1. The molecule has 4 rings (SSSR count). The number of carbonyl (C=O) groups is 1. The molecule has 0 amide bonds. The van der Waals surface area contributed by atoms with Crippen LogP contribution in [0.2, 0.25) is 0 Å². The van der Waals surface area contributed by atoms with E-state index >= 15 is 4.39 Å². The van der Waals surface area contributed by atoms with Gasteiger partial charge in [0.05, 0.1) is 30.1 Å². The van der Waals surface area contributed by atoms with Gasteiger partial charge in [-0.05, 0) is 28.8 Å². The minimum absolute atomic E-state index is 0.0633. The van der Waals surface area contributed by atoms with E-state index in [-0.39, 0.29) is 28.8 Å². The van der Waals surface area contributed by atoms with E-state index in [2.05, 4.69) is 5.32 Å². The molecule has 1 aliphatic heterocycles. The maximum absolute atomic E-state index is 15.2. The molecule has 2 heterocycles. The van der Waals surface area contributed by atoms with Crippen LogP contribution in [0, 0.1) is 5.82 Å². The van der Waals surface area contributed by atoms with Crippen molar-refractivity contribution in [1.29, 1.82) is 0 Å². The zero-order chi connectivity index (χ0) is 20.7. The largest absolute Gasteiger partial charge is 0.494 e. The number of aromatic carboxylic acids is 1. The lowest BCUT2D eigenvalue weighted by atomic mass is 9.97. The minimum atomic E-state index is -1.46. The lowest BCUT2D eigenvalue weighted by Crippen LogP contribution is -2.20. The number of alkyl halides is 1. The summed E-state index contributed by atoms with van der Waals surface area (Å²) < 4.78 is 35.1. The summed E-state index contributed by atoms with van der Waals surface area (Å²) in [5.74, 6) is -2.11. The summed E-state index contributed by atoms with van der Waals surface area (Å²) in [6.45, 7) is 0.403. The molecule has 1 aliphatic rings. The molecule has 0 spiro atoms. The number of carboxylic acid groups (broad SMARTS) is 1. The molecule has 0 saturated carbocycles. The predicted molar refractivity (Wildman–Crippen MR) is 104 cm³/mol. The van der Waals surface area contributed by atoms with Crippen LogP contribution in [-0.2, 0) is 19.6 Å². The summed E-state index contributed by atoms with van der Waals surface area (Å²) >= 11 is 0. The maximum atomic E-state index is 15.2. The minimum Gasteiger partial charge on any atom is -0.494 e. The molecule has 0 aliphatic carbocycles. The zero-order valence-electron chi connectivity index (χ0n) is 15.6. The first kappa shape index (κ1) is 19.1. The number of fused-ring (bicyclic) bond motifs is 2. The first-order valence-electron chi connectivity index (χ1n) is 9.02. The van der Waals surface area contributed by atoms with Gasteiger partial charge in [0, 0.05) is 19.3 Å². The zero-order valence-corrected chi connectivity index (χ0v) is 15.6. The van der Waals surface area contributed by atoms with Crippen LogP contribution in [0.15, 0.2) is 35.3 Å². The Balaban J connectivity index is 2.08. The fourth-order valence-electron chi connectivity index (χ4n) is 3.84. The number of aromatic nitrogens is 1. The van der Waals surface area contributed by atoms with Crippen molar-refractivity contribution in [2.24, 2.45) is 0 Å². The summed E-state index contributed by atoms with van der Waals surface area (Å²) in [4.78, 5) is 24.0. The lowest BCUT2D eigenvalue weighted by Gasteiger charge is -2.18. The second kappa shape index (κ2) is 7.29.